The summed E-state index contributed by atoms with van der Waals surface area (Å²) < 4.78 is 5.20. The van der Waals surface area contributed by atoms with Gasteiger partial charge in [-0.2, -0.15) is 0 Å². The van der Waals surface area contributed by atoms with Gasteiger partial charge in [0.2, 0.25) is 5.91 Å². The minimum absolute atomic E-state index is 0.313. The topological polar surface area (TPSA) is 75.6 Å². The normalized spacial score (nSPS) is 22.2. The van der Waals surface area contributed by atoms with E-state index in [4.69, 9.17) is 9.84 Å². The second-order valence-corrected chi connectivity index (χ2v) is 5.61. The zero-order valence-electron chi connectivity index (χ0n) is 10.7. The molecule has 1 aliphatic heterocycles. The summed E-state index contributed by atoms with van der Waals surface area (Å²) in [5.74, 6) is -2.17. The van der Waals surface area contributed by atoms with Gasteiger partial charge in [0, 0.05) is 19.1 Å². The summed E-state index contributed by atoms with van der Waals surface area (Å²) in [5, 5.41) is 11.8. The number of ether oxygens (including phenoxy) is 1. The predicted octanol–water partition coefficient (Wildman–Crippen LogP) is 0.886. The van der Waals surface area contributed by atoms with Crippen molar-refractivity contribution in [1.29, 1.82) is 0 Å². The van der Waals surface area contributed by atoms with E-state index in [9.17, 15) is 9.59 Å². The number of hydrogen-bond acceptors (Lipinski definition) is 3. The molecular weight excluding hydrogens is 222 g/mol. The summed E-state index contributed by atoms with van der Waals surface area (Å²) in [6, 6.07) is 0. The molecule has 0 aliphatic carbocycles. The molecule has 0 aromatic rings. The monoisotopic (exact) mass is 243 g/mol. The van der Waals surface area contributed by atoms with Gasteiger partial charge in [-0.3, -0.25) is 9.59 Å². The lowest BCUT2D eigenvalue weighted by Crippen LogP contribution is -2.44. The van der Waals surface area contributed by atoms with Crippen LogP contribution in [0.3, 0.4) is 0 Å². The zero-order valence-corrected chi connectivity index (χ0v) is 10.7. The van der Waals surface area contributed by atoms with Gasteiger partial charge < -0.3 is 15.2 Å². The van der Waals surface area contributed by atoms with Crippen LogP contribution in [0, 0.1) is 17.3 Å². The minimum atomic E-state index is -1.07. The fraction of sp³-hybridized carbons (Fsp3) is 0.833. The quantitative estimate of drug-likeness (QED) is 0.719. The lowest BCUT2D eigenvalue weighted by Gasteiger charge is -2.26. The first-order valence-corrected chi connectivity index (χ1v) is 5.90. The standard InChI is InChI=1S/C12H21NO4/c1-12(2,3)9(11(15)16)10(14)13-6-8-4-5-17-7-8/h8-9H,4-7H2,1-3H3,(H,13,14)(H,15,16). The number of carboxylic acids is 1. The lowest BCUT2D eigenvalue weighted by atomic mass is 9.80. The molecule has 2 unspecified atom stereocenters. The number of carbonyl (C=O) groups excluding carboxylic acids is 1. The third-order valence-electron chi connectivity index (χ3n) is 2.96. The Morgan fingerprint density at radius 2 is 2.12 bits per heavy atom. The first-order chi connectivity index (χ1) is 7.82. The summed E-state index contributed by atoms with van der Waals surface area (Å²) in [7, 11) is 0. The van der Waals surface area contributed by atoms with E-state index in [-0.39, 0.29) is 0 Å². The van der Waals surface area contributed by atoms with E-state index in [2.05, 4.69) is 5.32 Å². The second kappa shape index (κ2) is 5.49. The molecule has 5 heteroatoms. The van der Waals surface area contributed by atoms with E-state index in [1.807, 2.05) is 0 Å². The van der Waals surface area contributed by atoms with Crippen LogP contribution < -0.4 is 5.32 Å². The summed E-state index contributed by atoms with van der Waals surface area (Å²) >= 11 is 0. The van der Waals surface area contributed by atoms with Crippen molar-refractivity contribution in [2.75, 3.05) is 19.8 Å². The molecule has 2 N–H and O–H groups in total. The molecular formula is C12H21NO4. The summed E-state index contributed by atoms with van der Waals surface area (Å²) in [4.78, 5) is 23.0. The smallest absolute Gasteiger partial charge is 0.316 e. The highest BCUT2D eigenvalue weighted by Gasteiger charge is 2.37. The van der Waals surface area contributed by atoms with E-state index in [1.54, 1.807) is 20.8 Å². The van der Waals surface area contributed by atoms with Crippen molar-refractivity contribution in [2.45, 2.75) is 27.2 Å². The Bertz CT molecular complexity index is 289. The van der Waals surface area contributed by atoms with Crippen molar-refractivity contribution in [3.63, 3.8) is 0 Å². The van der Waals surface area contributed by atoms with Crippen LogP contribution in [0.2, 0.25) is 0 Å². The number of amides is 1. The van der Waals surface area contributed by atoms with E-state index < -0.39 is 23.2 Å². The van der Waals surface area contributed by atoms with Gasteiger partial charge in [-0.25, -0.2) is 0 Å². The predicted molar refractivity (Wildman–Crippen MR) is 62.5 cm³/mol. The van der Waals surface area contributed by atoms with Crippen molar-refractivity contribution in [2.24, 2.45) is 17.3 Å². The third kappa shape index (κ3) is 4.00. The number of rotatable bonds is 4. The van der Waals surface area contributed by atoms with Gasteiger partial charge in [-0.05, 0) is 11.8 Å². The van der Waals surface area contributed by atoms with E-state index in [1.165, 1.54) is 0 Å². The maximum Gasteiger partial charge on any atom is 0.316 e. The fourth-order valence-electron chi connectivity index (χ4n) is 1.97. The van der Waals surface area contributed by atoms with Crippen LogP contribution in [-0.4, -0.2) is 36.7 Å². The van der Waals surface area contributed by atoms with E-state index in [0.717, 1.165) is 13.0 Å². The Morgan fingerprint density at radius 3 is 2.53 bits per heavy atom. The van der Waals surface area contributed by atoms with E-state index >= 15 is 0 Å². The summed E-state index contributed by atoms with van der Waals surface area (Å²) in [5.41, 5.74) is -0.581. The lowest BCUT2D eigenvalue weighted by molar-refractivity contribution is -0.151. The van der Waals surface area contributed by atoms with Crippen LogP contribution in [0.4, 0.5) is 0 Å². The van der Waals surface area contributed by atoms with Gasteiger partial charge in [0.05, 0.1) is 6.61 Å². The molecule has 1 heterocycles. The Kier molecular flexibility index (Phi) is 4.51. The number of hydrogen-bond donors (Lipinski definition) is 2. The van der Waals surface area contributed by atoms with Gasteiger partial charge >= 0.3 is 5.97 Å². The highest BCUT2D eigenvalue weighted by molar-refractivity contribution is 5.97. The van der Waals surface area contributed by atoms with Crippen molar-refractivity contribution >= 4 is 11.9 Å². The van der Waals surface area contributed by atoms with Crippen LogP contribution in [0.1, 0.15) is 27.2 Å². The molecule has 0 aromatic carbocycles. The average molecular weight is 243 g/mol. The van der Waals surface area contributed by atoms with Crippen molar-refractivity contribution in [3.8, 4) is 0 Å². The second-order valence-electron chi connectivity index (χ2n) is 5.61. The molecule has 0 radical (unpaired) electrons. The number of aliphatic carboxylic acids is 1. The van der Waals surface area contributed by atoms with Gasteiger partial charge in [-0.15, -0.1) is 0 Å². The van der Waals surface area contributed by atoms with Gasteiger partial charge in [0.1, 0.15) is 5.92 Å². The molecule has 1 rings (SSSR count). The number of carbonyl (C=O) groups is 2. The highest BCUT2D eigenvalue weighted by atomic mass is 16.5. The van der Waals surface area contributed by atoms with Crippen molar-refractivity contribution in [3.05, 3.63) is 0 Å². The number of carboxylic acid groups (broad SMARTS) is 1. The van der Waals surface area contributed by atoms with Gasteiger partial charge in [0.15, 0.2) is 0 Å². The van der Waals surface area contributed by atoms with Crippen molar-refractivity contribution in [1.82, 2.24) is 5.32 Å². The number of nitrogens with one attached hydrogen (secondary N) is 1. The summed E-state index contributed by atoms with van der Waals surface area (Å²) in [6.07, 6.45) is 0.924. The molecule has 0 bridgehead atoms. The highest BCUT2D eigenvalue weighted by Crippen LogP contribution is 2.26. The van der Waals surface area contributed by atoms with Crippen LogP contribution in [0.5, 0.6) is 0 Å². The molecule has 5 nitrogen and oxygen atoms in total. The molecule has 1 aliphatic rings. The molecule has 0 saturated carbocycles. The largest absolute Gasteiger partial charge is 0.481 e. The molecule has 1 saturated heterocycles. The first-order valence-electron chi connectivity index (χ1n) is 5.90. The third-order valence-corrected chi connectivity index (χ3v) is 2.96. The molecule has 0 aromatic heterocycles. The zero-order chi connectivity index (χ0) is 13.1. The fourth-order valence-corrected chi connectivity index (χ4v) is 1.97. The van der Waals surface area contributed by atoms with Crippen molar-refractivity contribution < 1.29 is 19.4 Å². The van der Waals surface area contributed by atoms with Crippen LogP contribution in [0.25, 0.3) is 0 Å². The molecule has 98 valence electrons. The Labute approximate surface area is 102 Å². The van der Waals surface area contributed by atoms with Gasteiger partial charge in [-0.1, -0.05) is 20.8 Å². The van der Waals surface area contributed by atoms with Crippen LogP contribution in [-0.2, 0) is 14.3 Å². The first kappa shape index (κ1) is 14.0. The Hall–Kier alpha value is -1.10. The van der Waals surface area contributed by atoms with Crippen LogP contribution in [0.15, 0.2) is 0 Å². The van der Waals surface area contributed by atoms with Gasteiger partial charge in [0.25, 0.3) is 0 Å². The van der Waals surface area contributed by atoms with E-state index in [0.29, 0.717) is 19.1 Å². The Morgan fingerprint density at radius 1 is 1.47 bits per heavy atom. The molecule has 0 spiro atoms. The molecule has 1 amide bonds. The average Bonchev–Trinajstić information content (AvgIpc) is 2.63. The summed E-state index contributed by atoms with van der Waals surface area (Å²) in [6.45, 7) is 7.13. The molecule has 1 fully saturated rings. The van der Waals surface area contributed by atoms with Crippen LogP contribution >= 0.6 is 0 Å². The molecule has 2 atom stereocenters. The Balaban J connectivity index is 2.51. The maximum atomic E-state index is 11.9. The maximum absolute atomic E-state index is 11.9. The SMILES string of the molecule is CC(C)(C)C(C(=O)O)C(=O)NCC1CCOC1. The molecule has 17 heavy (non-hydrogen) atoms. The minimum Gasteiger partial charge on any atom is -0.481 e.